The van der Waals surface area contributed by atoms with Gasteiger partial charge in [0.25, 0.3) is 0 Å². The summed E-state index contributed by atoms with van der Waals surface area (Å²) in [6, 6.07) is 3.17. The summed E-state index contributed by atoms with van der Waals surface area (Å²) in [5.74, 6) is 0.397. The van der Waals surface area contributed by atoms with Crippen LogP contribution in [0.1, 0.15) is 38.5 Å². The van der Waals surface area contributed by atoms with Crippen LogP contribution in [0.4, 0.5) is 0 Å². The standard InChI is InChI=1S/C19H29ClN2O4S2/c20-16-3-4-17(27-16)28(23,24)22-18-14-2-1-7-19(18,8-5-14)13-25-10-6-15-12-21-9-11-26-15/h3-4,14-15,18,21-22H,1-2,5-13H2/t14-,15+,18+,19+/m0/s1. The van der Waals surface area contributed by atoms with Crippen LogP contribution in [0.3, 0.4) is 0 Å². The van der Waals surface area contributed by atoms with Crippen LogP contribution in [0.2, 0.25) is 4.34 Å². The first-order valence-corrected chi connectivity index (χ1v) is 12.8. The molecule has 4 atom stereocenters. The molecule has 1 aromatic rings. The molecule has 158 valence electrons. The lowest BCUT2D eigenvalue weighted by Gasteiger charge is -2.41. The van der Waals surface area contributed by atoms with E-state index in [-0.39, 0.29) is 17.6 Å². The third-order valence-corrected chi connectivity index (χ3v) is 9.63. The number of sulfonamides is 1. The summed E-state index contributed by atoms with van der Waals surface area (Å²) < 4.78 is 41.4. The summed E-state index contributed by atoms with van der Waals surface area (Å²) in [5.41, 5.74) is -0.0945. The Bertz CT molecular complexity index is 762. The average Bonchev–Trinajstić information content (AvgIpc) is 3.19. The van der Waals surface area contributed by atoms with Crippen molar-refractivity contribution in [2.24, 2.45) is 11.3 Å². The summed E-state index contributed by atoms with van der Waals surface area (Å²) in [7, 11) is -3.55. The molecule has 9 heteroatoms. The normalized spacial score (nSPS) is 33.2. The highest BCUT2D eigenvalue weighted by Crippen LogP contribution is 2.52. The molecule has 2 heterocycles. The molecule has 4 rings (SSSR count). The Kier molecular flexibility index (Phi) is 6.67. The molecule has 2 bridgehead atoms. The second kappa shape index (κ2) is 8.88. The van der Waals surface area contributed by atoms with Gasteiger partial charge in [0.1, 0.15) is 4.21 Å². The SMILES string of the molecule is O=S(=O)(N[C@@H]1[C@H]2CCC[C@]1(COCC[C@@H]1CNCCO1)CC2)c1ccc(Cl)s1. The van der Waals surface area contributed by atoms with Crippen LogP contribution in [0.15, 0.2) is 16.3 Å². The fraction of sp³-hybridized carbons (Fsp3) is 0.789. The highest BCUT2D eigenvalue weighted by molar-refractivity contribution is 7.91. The van der Waals surface area contributed by atoms with Gasteiger partial charge in [-0.25, -0.2) is 13.1 Å². The van der Waals surface area contributed by atoms with Gasteiger partial charge in [0.15, 0.2) is 0 Å². The van der Waals surface area contributed by atoms with E-state index in [0.29, 0.717) is 27.7 Å². The van der Waals surface area contributed by atoms with E-state index < -0.39 is 10.0 Å². The van der Waals surface area contributed by atoms with Crippen molar-refractivity contribution in [3.05, 3.63) is 16.5 Å². The third kappa shape index (κ3) is 4.58. The zero-order chi connectivity index (χ0) is 19.6. The molecule has 0 unspecified atom stereocenters. The summed E-state index contributed by atoms with van der Waals surface area (Å²) in [4.78, 5) is 0. The fourth-order valence-corrected chi connectivity index (χ4v) is 7.93. The van der Waals surface area contributed by atoms with E-state index in [1.807, 2.05) is 0 Å². The van der Waals surface area contributed by atoms with Gasteiger partial charge in [0, 0.05) is 31.2 Å². The number of ether oxygens (including phenoxy) is 2. The molecular formula is C19H29ClN2O4S2. The molecule has 28 heavy (non-hydrogen) atoms. The first kappa shape index (κ1) is 21.0. The number of thiophene rings is 1. The molecule has 2 N–H and O–H groups in total. The maximum Gasteiger partial charge on any atom is 0.250 e. The lowest BCUT2D eigenvalue weighted by molar-refractivity contribution is -0.0228. The molecular weight excluding hydrogens is 420 g/mol. The van der Waals surface area contributed by atoms with Crippen LogP contribution in [-0.4, -0.2) is 53.5 Å². The molecule has 3 aliphatic rings. The van der Waals surface area contributed by atoms with Gasteiger partial charge >= 0.3 is 0 Å². The summed E-state index contributed by atoms with van der Waals surface area (Å²) in [6.07, 6.45) is 6.43. The van der Waals surface area contributed by atoms with Gasteiger partial charge in [-0.15, -0.1) is 11.3 Å². The number of morpholine rings is 1. The van der Waals surface area contributed by atoms with E-state index >= 15 is 0 Å². The van der Waals surface area contributed by atoms with Crippen LogP contribution in [0.5, 0.6) is 0 Å². The Morgan fingerprint density at radius 3 is 3.00 bits per heavy atom. The van der Waals surface area contributed by atoms with E-state index in [1.54, 1.807) is 12.1 Å². The number of fused-ring (bicyclic) bond motifs is 2. The highest BCUT2D eigenvalue weighted by Gasteiger charge is 2.52. The molecule has 0 aromatic carbocycles. The van der Waals surface area contributed by atoms with Crippen molar-refractivity contribution in [1.82, 2.24) is 10.0 Å². The number of halogens is 1. The van der Waals surface area contributed by atoms with Crippen molar-refractivity contribution >= 4 is 33.0 Å². The van der Waals surface area contributed by atoms with Crippen LogP contribution < -0.4 is 10.0 Å². The van der Waals surface area contributed by atoms with Gasteiger partial charge in [-0.05, 0) is 50.2 Å². The van der Waals surface area contributed by atoms with Gasteiger partial charge in [0.05, 0.1) is 23.7 Å². The largest absolute Gasteiger partial charge is 0.381 e. The molecule has 0 spiro atoms. The van der Waals surface area contributed by atoms with Crippen LogP contribution >= 0.6 is 22.9 Å². The van der Waals surface area contributed by atoms with Gasteiger partial charge in [-0.2, -0.15) is 0 Å². The van der Waals surface area contributed by atoms with Crippen molar-refractivity contribution in [2.45, 2.75) is 54.9 Å². The number of nitrogens with one attached hydrogen (secondary N) is 2. The number of hydrogen-bond donors (Lipinski definition) is 2. The molecule has 6 nitrogen and oxygen atoms in total. The van der Waals surface area contributed by atoms with E-state index in [2.05, 4.69) is 10.0 Å². The van der Waals surface area contributed by atoms with Gasteiger partial charge in [0.2, 0.25) is 10.0 Å². The molecule has 2 saturated carbocycles. The molecule has 2 aliphatic carbocycles. The second-order valence-electron chi connectivity index (χ2n) is 8.25. The van der Waals surface area contributed by atoms with Crippen molar-refractivity contribution in [2.75, 3.05) is 32.9 Å². The van der Waals surface area contributed by atoms with Crippen LogP contribution in [0, 0.1) is 11.3 Å². The Morgan fingerprint density at radius 1 is 1.36 bits per heavy atom. The topological polar surface area (TPSA) is 76.7 Å². The lowest BCUT2D eigenvalue weighted by Crippen LogP contribution is -2.51. The molecule has 1 aliphatic heterocycles. The fourth-order valence-electron chi connectivity index (χ4n) is 5.02. The van der Waals surface area contributed by atoms with Gasteiger partial charge in [-0.3, -0.25) is 0 Å². The summed E-state index contributed by atoms with van der Waals surface area (Å²) >= 11 is 7.05. The minimum absolute atomic E-state index is 0.0558. The second-order valence-corrected chi connectivity index (χ2v) is 11.9. The van der Waals surface area contributed by atoms with Crippen LogP contribution in [-0.2, 0) is 19.5 Å². The summed E-state index contributed by atoms with van der Waals surface area (Å²) in [5, 5.41) is 3.33. The van der Waals surface area contributed by atoms with Gasteiger partial charge in [-0.1, -0.05) is 18.0 Å². The number of hydrogen-bond acceptors (Lipinski definition) is 6. The predicted octanol–water partition coefficient (Wildman–Crippen LogP) is 3.02. The van der Waals surface area contributed by atoms with Crippen molar-refractivity contribution in [1.29, 1.82) is 0 Å². The monoisotopic (exact) mass is 448 g/mol. The van der Waals surface area contributed by atoms with Crippen molar-refractivity contribution < 1.29 is 17.9 Å². The van der Waals surface area contributed by atoms with E-state index in [4.69, 9.17) is 21.1 Å². The third-order valence-electron chi connectivity index (χ3n) is 6.47. The quantitative estimate of drug-likeness (QED) is 0.598. The highest BCUT2D eigenvalue weighted by atomic mass is 35.5. The Balaban J connectivity index is 1.38. The zero-order valence-corrected chi connectivity index (χ0v) is 18.4. The van der Waals surface area contributed by atoms with Crippen molar-refractivity contribution in [3.8, 4) is 0 Å². The Hall–Kier alpha value is -0.220. The first-order chi connectivity index (χ1) is 13.5. The molecule has 0 amide bonds. The van der Waals surface area contributed by atoms with Crippen molar-refractivity contribution in [3.63, 3.8) is 0 Å². The maximum atomic E-state index is 12.9. The number of rotatable bonds is 8. The van der Waals surface area contributed by atoms with E-state index in [1.165, 1.54) is 0 Å². The minimum Gasteiger partial charge on any atom is -0.381 e. The minimum atomic E-state index is -3.55. The summed E-state index contributed by atoms with van der Waals surface area (Å²) in [6.45, 7) is 3.81. The smallest absolute Gasteiger partial charge is 0.250 e. The Labute approximate surface area is 176 Å². The average molecular weight is 449 g/mol. The van der Waals surface area contributed by atoms with E-state index in [0.717, 1.165) is 69.6 Å². The molecule has 1 saturated heterocycles. The Morgan fingerprint density at radius 2 is 2.25 bits per heavy atom. The molecule has 0 radical (unpaired) electrons. The maximum absolute atomic E-state index is 12.9. The predicted molar refractivity (Wildman–Crippen MR) is 110 cm³/mol. The lowest BCUT2D eigenvalue weighted by atomic mass is 9.72. The molecule has 3 fully saturated rings. The first-order valence-electron chi connectivity index (χ1n) is 10.2. The van der Waals surface area contributed by atoms with E-state index in [9.17, 15) is 8.42 Å². The van der Waals surface area contributed by atoms with Gasteiger partial charge < -0.3 is 14.8 Å². The molecule has 1 aromatic heterocycles. The zero-order valence-electron chi connectivity index (χ0n) is 16.0. The van der Waals surface area contributed by atoms with Crippen LogP contribution in [0.25, 0.3) is 0 Å².